The van der Waals surface area contributed by atoms with Gasteiger partial charge in [-0.1, -0.05) is 0 Å². The summed E-state index contributed by atoms with van der Waals surface area (Å²) in [5.74, 6) is 0.0246. The van der Waals surface area contributed by atoms with Crippen LogP contribution in [0.4, 0.5) is 0 Å². The van der Waals surface area contributed by atoms with E-state index in [1.54, 1.807) is 7.11 Å². The Labute approximate surface area is 109 Å². The topological polar surface area (TPSA) is 76.8 Å². The van der Waals surface area contributed by atoms with Gasteiger partial charge in [-0.3, -0.25) is 9.69 Å². The van der Waals surface area contributed by atoms with Gasteiger partial charge >= 0.3 is 0 Å². The highest BCUT2D eigenvalue weighted by atomic mass is 16.5. The highest BCUT2D eigenvalue weighted by Crippen LogP contribution is 2.14. The quantitative estimate of drug-likeness (QED) is 0.610. The molecule has 1 fully saturated rings. The Balaban J connectivity index is 2.47. The number of hydrogen-bond acceptors (Lipinski definition) is 5. The molecule has 1 aliphatic rings. The van der Waals surface area contributed by atoms with Crippen LogP contribution in [0.3, 0.4) is 0 Å². The third-order valence-corrected chi connectivity index (χ3v) is 3.30. The SMILES string of the molecule is COCCNC(=O)C(C)N1CC(CN)OCC1C. The van der Waals surface area contributed by atoms with Crippen LogP contribution in [0.1, 0.15) is 13.8 Å². The minimum Gasteiger partial charge on any atom is -0.383 e. The highest BCUT2D eigenvalue weighted by Gasteiger charge is 2.31. The number of methoxy groups -OCH3 is 1. The largest absolute Gasteiger partial charge is 0.383 e. The van der Waals surface area contributed by atoms with Crippen molar-refractivity contribution >= 4 is 5.91 Å². The van der Waals surface area contributed by atoms with Crippen LogP contribution in [0, 0.1) is 0 Å². The van der Waals surface area contributed by atoms with E-state index in [-0.39, 0.29) is 24.1 Å². The van der Waals surface area contributed by atoms with Crippen LogP contribution in [0.25, 0.3) is 0 Å². The summed E-state index contributed by atoms with van der Waals surface area (Å²) in [6.07, 6.45) is 0.0235. The van der Waals surface area contributed by atoms with Crippen molar-refractivity contribution in [1.82, 2.24) is 10.2 Å². The molecule has 0 radical (unpaired) electrons. The van der Waals surface area contributed by atoms with Crippen LogP contribution in [0.2, 0.25) is 0 Å². The molecule has 3 unspecified atom stereocenters. The molecule has 0 aromatic carbocycles. The summed E-state index contributed by atoms with van der Waals surface area (Å²) in [5.41, 5.74) is 5.62. The number of nitrogens with one attached hydrogen (secondary N) is 1. The van der Waals surface area contributed by atoms with Crippen molar-refractivity contribution in [2.24, 2.45) is 5.73 Å². The average Bonchev–Trinajstić information content (AvgIpc) is 2.38. The van der Waals surface area contributed by atoms with Crippen molar-refractivity contribution in [3.63, 3.8) is 0 Å². The number of morpholine rings is 1. The molecule has 1 saturated heterocycles. The van der Waals surface area contributed by atoms with Gasteiger partial charge in [0.2, 0.25) is 5.91 Å². The zero-order valence-electron chi connectivity index (χ0n) is 11.5. The third kappa shape index (κ3) is 4.20. The lowest BCUT2D eigenvalue weighted by molar-refractivity contribution is -0.132. The van der Waals surface area contributed by atoms with Crippen LogP contribution in [-0.4, -0.2) is 69.0 Å². The summed E-state index contributed by atoms with van der Waals surface area (Å²) in [7, 11) is 1.62. The monoisotopic (exact) mass is 259 g/mol. The van der Waals surface area contributed by atoms with E-state index in [4.69, 9.17) is 15.2 Å². The van der Waals surface area contributed by atoms with E-state index in [2.05, 4.69) is 17.1 Å². The first kappa shape index (κ1) is 15.4. The summed E-state index contributed by atoms with van der Waals surface area (Å²) in [6.45, 7) is 6.86. The van der Waals surface area contributed by atoms with Crippen molar-refractivity contribution in [3.8, 4) is 0 Å². The molecule has 18 heavy (non-hydrogen) atoms. The van der Waals surface area contributed by atoms with E-state index in [0.717, 1.165) is 0 Å². The van der Waals surface area contributed by atoms with Crippen molar-refractivity contribution in [2.75, 3.05) is 40.0 Å². The molecule has 1 aliphatic heterocycles. The highest BCUT2D eigenvalue weighted by molar-refractivity contribution is 5.81. The van der Waals surface area contributed by atoms with Gasteiger partial charge in [-0.2, -0.15) is 0 Å². The molecule has 3 atom stereocenters. The second-order valence-electron chi connectivity index (χ2n) is 4.70. The predicted octanol–water partition coefficient (Wildman–Crippen LogP) is -0.814. The van der Waals surface area contributed by atoms with E-state index in [1.165, 1.54) is 0 Å². The minimum absolute atomic E-state index is 0.0235. The number of amides is 1. The van der Waals surface area contributed by atoms with Gasteiger partial charge in [0.15, 0.2) is 0 Å². The van der Waals surface area contributed by atoms with E-state index in [9.17, 15) is 4.79 Å². The van der Waals surface area contributed by atoms with Gasteiger partial charge in [-0.15, -0.1) is 0 Å². The van der Waals surface area contributed by atoms with Crippen molar-refractivity contribution in [3.05, 3.63) is 0 Å². The maximum absolute atomic E-state index is 12.0. The Morgan fingerprint density at radius 3 is 3.00 bits per heavy atom. The number of hydrogen-bond donors (Lipinski definition) is 2. The minimum atomic E-state index is -0.171. The number of carbonyl (C=O) groups excluding carboxylic acids is 1. The lowest BCUT2D eigenvalue weighted by Crippen LogP contribution is -2.57. The van der Waals surface area contributed by atoms with Crippen LogP contribution >= 0.6 is 0 Å². The summed E-state index contributed by atoms with van der Waals surface area (Å²) < 4.78 is 10.5. The van der Waals surface area contributed by atoms with E-state index >= 15 is 0 Å². The van der Waals surface area contributed by atoms with Crippen LogP contribution in [-0.2, 0) is 14.3 Å². The van der Waals surface area contributed by atoms with E-state index in [0.29, 0.717) is 32.8 Å². The zero-order valence-corrected chi connectivity index (χ0v) is 11.5. The first-order chi connectivity index (χ1) is 8.60. The molecule has 0 spiro atoms. The maximum Gasteiger partial charge on any atom is 0.237 e. The number of nitrogens with two attached hydrogens (primary N) is 1. The Bertz CT molecular complexity index is 263. The zero-order chi connectivity index (χ0) is 13.5. The summed E-state index contributed by atoms with van der Waals surface area (Å²) in [6, 6.07) is 0.0609. The van der Waals surface area contributed by atoms with E-state index < -0.39 is 0 Å². The lowest BCUT2D eigenvalue weighted by Gasteiger charge is -2.40. The molecule has 1 amide bonds. The molecule has 1 heterocycles. The molecule has 0 aromatic rings. The number of ether oxygens (including phenoxy) is 2. The van der Waals surface area contributed by atoms with Crippen molar-refractivity contribution in [1.29, 1.82) is 0 Å². The summed E-state index contributed by atoms with van der Waals surface area (Å²) in [5, 5.41) is 2.86. The molecular weight excluding hydrogens is 234 g/mol. The second kappa shape index (κ2) is 7.68. The van der Waals surface area contributed by atoms with Gasteiger partial charge in [0.25, 0.3) is 0 Å². The molecule has 6 nitrogen and oxygen atoms in total. The first-order valence-corrected chi connectivity index (χ1v) is 6.44. The Hall–Kier alpha value is -0.690. The average molecular weight is 259 g/mol. The molecule has 3 N–H and O–H groups in total. The normalized spacial score (nSPS) is 26.9. The van der Waals surface area contributed by atoms with Crippen molar-refractivity contribution < 1.29 is 14.3 Å². The fourth-order valence-corrected chi connectivity index (χ4v) is 2.10. The molecule has 0 aromatic heterocycles. The van der Waals surface area contributed by atoms with Gasteiger partial charge in [-0.05, 0) is 13.8 Å². The number of nitrogens with zero attached hydrogens (tertiary/aromatic N) is 1. The maximum atomic E-state index is 12.0. The number of rotatable bonds is 6. The van der Waals surface area contributed by atoms with Crippen molar-refractivity contribution in [2.45, 2.75) is 32.0 Å². The third-order valence-electron chi connectivity index (χ3n) is 3.30. The van der Waals surface area contributed by atoms with Gasteiger partial charge in [0.1, 0.15) is 0 Å². The van der Waals surface area contributed by atoms with Crippen LogP contribution in [0.15, 0.2) is 0 Å². The van der Waals surface area contributed by atoms with Gasteiger partial charge in [0.05, 0.1) is 25.4 Å². The molecule has 6 heteroatoms. The van der Waals surface area contributed by atoms with Gasteiger partial charge in [0, 0.05) is 32.8 Å². The first-order valence-electron chi connectivity index (χ1n) is 6.44. The molecule has 0 saturated carbocycles. The molecule has 106 valence electrons. The van der Waals surface area contributed by atoms with Crippen LogP contribution < -0.4 is 11.1 Å². The Morgan fingerprint density at radius 1 is 1.67 bits per heavy atom. The van der Waals surface area contributed by atoms with Gasteiger partial charge < -0.3 is 20.5 Å². The Morgan fingerprint density at radius 2 is 2.39 bits per heavy atom. The second-order valence-corrected chi connectivity index (χ2v) is 4.70. The number of carbonyl (C=O) groups is 1. The molecule has 0 aliphatic carbocycles. The lowest BCUT2D eigenvalue weighted by atomic mass is 10.1. The molecule has 0 bridgehead atoms. The fourth-order valence-electron chi connectivity index (χ4n) is 2.10. The Kier molecular flexibility index (Phi) is 6.56. The van der Waals surface area contributed by atoms with Crippen LogP contribution in [0.5, 0.6) is 0 Å². The molecular formula is C12H25N3O3. The summed E-state index contributed by atoms with van der Waals surface area (Å²) >= 11 is 0. The summed E-state index contributed by atoms with van der Waals surface area (Å²) in [4.78, 5) is 14.1. The van der Waals surface area contributed by atoms with E-state index in [1.807, 2.05) is 6.92 Å². The predicted molar refractivity (Wildman–Crippen MR) is 69.3 cm³/mol. The molecule has 1 rings (SSSR count). The standard InChI is InChI=1S/C12H25N3O3/c1-9-8-18-11(6-13)7-15(9)10(2)12(16)14-4-5-17-3/h9-11H,4-8,13H2,1-3H3,(H,14,16). The van der Waals surface area contributed by atoms with Gasteiger partial charge in [-0.25, -0.2) is 0 Å². The smallest absolute Gasteiger partial charge is 0.237 e. The fraction of sp³-hybridized carbons (Fsp3) is 0.917.